The first kappa shape index (κ1) is 18.0. The second-order valence-electron chi connectivity index (χ2n) is 6.52. The van der Waals surface area contributed by atoms with Gasteiger partial charge in [0.25, 0.3) is 0 Å². The van der Waals surface area contributed by atoms with E-state index in [1.54, 1.807) is 0 Å². The molecule has 0 aliphatic rings. The normalized spacial score (nSPS) is 13.2. The molecular formula is C18H32N2O. The Kier molecular flexibility index (Phi) is 7.76. The van der Waals surface area contributed by atoms with Gasteiger partial charge in [0, 0.05) is 12.6 Å². The smallest absolute Gasteiger partial charge is 0.119 e. The standard InChI is InChI=1S/C18H32N2O/c1-14(2)11-12-20(6)13-18(19-5)16-7-9-17(10-8-16)21-15(3)4/h7-10,14-15,18-19H,11-13H2,1-6H3. The van der Waals surface area contributed by atoms with Crippen LogP contribution in [0.4, 0.5) is 0 Å². The Hall–Kier alpha value is -1.06. The quantitative estimate of drug-likeness (QED) is 0.751. The molecule has 0 saturated heterocycles. The molecule has 1 aromatic rings. The highest BCUT2D eigenvalue weighted by Crippen LogP contribution is 2.19. The van der Waals surface area contributed by atoms with E-state index in [1.165, 1.54) is 12.0 Å². The summed E-state index contributed by atoms with van der Waals surface area (Å²) in [5.74, 6) is 1.70. The molecule has 0 saturated carbocycles. The van der Waals surface area contributed by atoms with Gasteiger partial charge in [-0.1, -0.05) is 26.0 Å². The zero-order valence-corrected chi connectivity index (χ0v) is 14.5. The summed E-state index contributed by atoms with van der Waals surface area (Å²) in [6.45, 7) is 10.8. The Morgan fingerprint density at radius 3 is 2.19 bits per heavy atom. The largest absolute Gasteiger partial charge is 0.491 e. The van der Waals surface area contributed by atoms with Crippen LogP contribution < -0.4 is 10.1 Å². The van der Waals surface area contributed by atoms with Gasteiger partial charge in [-0.15, -0.1) is 0 Å². The van der Waals surface area contributed by atoms with E-state index in [0.29, 0.717) is 6.04 Å². The lowest BCUT2D eigenvalue weighted by molar-refractivity contribution is 0.242. The van der Waals surface area contributed by atoms with E-state index >= 15 is 0 Å². The molecule has 0 spiro atoms. The van der Waals surface area contributed by atoms with Crippen LogP contribution >= 0.6 is 0 Å². The van der Waals surface area contributed by atoms with Crippen LogP contribution in [0.25, 0.3) is 0 Å². The minimum Gasteiger partial charge on any atom is -0.491 e. The zero-order chi connectivity index (χ0) is 15.8. The van der Waals surface area contributed by atoms with Crippen molar-refractivity contribution in [1.82, 2.24) is 10.2 Å². The van der Waals surface area contributed by atoms with Gasteiger partial charge in [-0.05, 0) is 64.5 Å². The molecule has 0 fully saturated rings. The van der Waals surface area contributed by atoms with Gasteiger partial charge in [-0.2, -0.15) is 0 Å². The highest BCUT2D eigenvalue weighted by molar-refractivity contribution is 5.29. The van der Waals surface area contributed by atoms with Crippen molar-refractivity contribution in [3.63, 3.8) is 0 Å². The van der Waals surface area contributed by atoms with Crippen molar-refractivity contribution in [3.05, 3.63) is 29.8 Å². The van der Waals surface area contributed by atoms with E-state index in [2.05, 4.69) is 55.4 Å². The third-order valence-corrected chi connectivity index (χ3v) is 3.59. The Labute approximate surface area is 130 Å². The van der Waals surface area contributed by atoms with Crippen molar-refractivity contribution >= 4 is 0 Å². The van der Waals surface area contributed by atoms with E-state index in [9.17, 15) is 0 Å². The molecule has 1 atom stereocenters. The summed E-state index contributed by atoms with van der Waals surface area (Å²) in [5.41, 5.74) is 1.31. The second kappa shape index (κ2) is 9.06. The fourth-order valence-corrected chi connectivity index (χ4v) is 2.30. The molecule has 21 heavy (non-hydrogen) atoms. The van der Waals surface area contributed by atoms with Crippen molar-refractivity contribution in [1.29, 1.82) is 0 Å². The van der Waals surface area contributed by atoms with Crippen molar-refractivity contribution in [2.45, 2.75) is 46.3 Å². The third kappa shape index (κ3) is 6.96. The second-order valence-corrected chi connectivity index (χ2v) is 6.52. The minimum absolute atomic E-state index is 0.220. The average molecular weight is 292 g/mol. The van der Waals surface area contributed by atoms with Gasteiger partial charge >= 0.3 is 0 Å². The van der Waals surface area contributed by atoms with Crippen molar-refractivity contribution in [2.24, 2.45) is 5.92 Å². The van der Waals surface area contributed by atoms with Crippen LogP contribution in [0, 0.1) is 5.92 Å². The maximum Gasteiger partial charge on any atom is 0.119 e. The van der Waals surface area contributed by atoms with Crippen LogP contribution in [-0.2, 0) is 0 Å². The van der Waals surface area contributed by atoms with Crippen molar-refractivity contribution in [2.75, 3.05) is 27.2 Å². The van der Waals surface area contributed by atoms with Gasteiger partial charge in [-0.3, -0.25) is 0 Å². The van der Waals surface area contributed by atoms with E-state index in [-0.39, 0.29) is 6.10 Å². The monoisotopic (exact) mass is 292 g/mol. The molecule has 120 valence electrons. The fourth-order valence-electron chi connectivity index (χ4n) is 2.30. The predicted octanol–water partition coefficient (Wildman–Crippen LogP) is 3.71. The summed E-state index contributed by atoms with van der Waals surface area (Å²) in [6, 6.07) is 8.81. The van der Waals surface area contributed by atoms with Crippen molar-refractivity contribution in [3.8, 4) is 5.75 Å². The topological polar surface area (TPSA) is 24.5 Å². The van der Waals surface area contributed by atoms with Crippen LogP contribution in [0.15, 0.2) is 24.3 Å². The van der Waals surface area contributed by atoms with E-state index in [1.807, 2.05) is 20.9 Å². The van der Waals surface area contributed by atoms with Crippen molar-refractivity contribution < 1.29 is 4.74 Å². The predicted molar refractivity (Wildman–Crippen MR) is 91.0 cm³/mol. The summed E-state index contributed by atoms with van der Waals surface area (Å²) < 4.78 is 5.70. The molecule has 0 radical (unpaired) electrons. The van der Waals surface area contributed by atoms with E-state index < -0.39 is 0 Å². The molecule has 3 heteroatoms. The number of likely N-dealkylation sites (N-methyl/N-ethyl adjacent to an activating group) is 2. The summed E-state index contributed by atoms with van der Waals surface area (Å²) in [7, 11) is 4.22. The van der Waals surface area contributed by atoms with E-state index in [4.69, 9.17) is 4.74 Å². The highest BCUT2D eigenvalue weighted by atomic mass is 16.5. The number of hydrogen-bond donors (Lipinski definition) is 1. The van der Waals surface area contributed by atoms with E-state index in [0.717, 1.165) is 24.8 Å². The van der Waals surface area contributed by atoms with Gasteiger partial charge in [0.05, 0.1) is 6.10 Å². The van der Waals surface area contributed by atoms with Crippen LogP contribution in [-0.4, -0.2) is 38.2 Å². The van der Waals surface area contributed by atoms with Gasteiger partial charge in [0.1, 0.15) is 5.75 Å². The Morgan fingerprint density at radius 1 is 1.10 bits per heavy atom. The molecule has 1 aromatic carbocycles. The number of benzene rings is 1. The van der Waals surface area contributed by atoms with Gasteiger partial charge in [-0.25, -0.2) is 0 Å². The summed E-state index contributed by atoms with van der Waals surface area (Å²) in [5, 5.41) is 3.41. The summed E-state index contributed by atoms with van der Waals surface area (Å²) >= 11 is 0. The third-order valence-electron chi connectivity index (χ3n) is 3.59. The lowest BCUT2D eigenvalue weighted by atomic mass is 10.1. The maximum absolute atomic E-state index is 5.70. The Morgan fingerprint density at radius 2 is 1.71 bits per heavy atom. The lowest BCUT2D eigenvalue weighted by Gasteiger charge is -2.25. The fraction of sp³-hybridized carbons (Fsp3) is 0.667. The minimum atomic E-state index is 0.220. The molecule has 1 unspecified atom stereocenters. The zero-order valence-electron chi connectivity index (χ0n) is 14.5. The summed E-state index contributed by atoms with van der Waals surface area (Å²) in [4.78, 5) is 2.40. The van der Waals surface area contributed by atoms with Gasteiger partial charge < -0.3 is 15.0 Å². The molecule has 0 aliphatic heterocycles. The maximum atomic E-state index is 5.70. The van der Waals surface area contributed by atoms with Gasteiger partial charge in [0.2, 0.25) is 0 Å². The number of hydrogen-bond acceptors (Lipinski definition) is 3. The van der Waals surface area contributed by atoms with Crippen LogP contribution in [0.5, 0.6) is 5.75 Å². The average Bonchev–Trinajstić information content (AvgIpc) is 2.43. The lowest BCUT2D eigenvalue weighted by Crippen LogP contribution is -2.32. The number of rotatable bonds is 9. The van der Waals surface area contributed by atoms with Crippen LogP contribution in [0.1, 0.15) is 45.7 Å². The molecule has 1 N–H and O–H groups in total. The Balaban J connectivity index is 2.58. The molecule has 0 heterocycles. The van der Waals surface area contributed by atoms with Gasteiger partial charge in [0.15, 0.2) is 0 Å². The number of nitrogens with zero attached hydrogens (tertiary/aromatic N) is 1. The van der Waals surface area contributed by atoms with Crippen LogP contribution in [0.3, 0.4) is 0 Å². The molecule has 0 bridgehead atoms. The molecule has 3 nitrogen and oxygen atoms in total. The Bertz CT molecular complexity index is 387. The first-order valence-electron chi connectivity index (χ1n) is 8.04. The SMILES string of the molecule is CNC(CN(C)CCC(C)C)c1ccc(OC(C)C)cc1. The molecular weight excluding hydrogens is 260 g/mol. The molecule has 0 aliphatic carbocycles. The summed E-state index contributed by atoms with van der Waals surface area (Å²) in [6.07, 6.45) is 1.46. The highest BCUT2D eigenvalue weighted by Gasteiger charge is 2.12. The molecule has 0 aromatic heterocycles. The number of nitrogens with one attached hydrogen (secondary N) is 1. The van der Waals surface area contributed by atoms with Crippen LogP contribution in [0.2, 0.25) is 0 Å². The first-order chi connectivity index (χ1) is 9.92. The molecule has 0 amide bonds. The first-order valence-corrected chi connectivity index (χ1v) is 8.04. The number of ether oxygens (including phenoxy) is 1. The molecule has 1 rings (SSSR count).